The summed E-state index contributed by atoms with van der Waals surface area (Å²) in [4.78, 5) is 30.5. The molecule has 0 spiro atoms. The maximum atomic E-state index is 12.7. The van der Waals surface area contributed by atoms with Crippen LogP contribution < -0.4 is 9.80 Å². The number of nitrogens with zero attached hydrogens (tertiary/aromatic N) is 8. The fourth-order valence-corrected chi connectivity index (χ4v) is 3.76. The molecule has 2 aliphatic heterocycles. The normalized spacial score (nSPS) is 19.7. The van der Waals surface area contributed by atoms with Crippen molar-refractivity contribution in [3.63, 3.8) is 0 Å². The molecule has 0 N–H and O–H groups in total. The number of anilines is 2. The second-order valence-corrected chi connectivity index (χ2v) is 7.50. The van der Waals surface area contributed by atoms with Crippen LogP contribution in [0.15, 0.2) is 30.9 Å². The summed E-state index contributed by atoms with van der Waals surface area (Å²) in [7, 11) is 2.15. The largest absolute Gasteiger partial charge is 0.354 e. The van der Waals surface area contributed by atoms with Gasteiger partial charge in [-0.25, -0.2) is 9.97 Å². The third-order valence-corrected chi connectivity index (χ3v) is 5.66. The van der Waals surface area contributed by atoms with Gasteiger partial charge in [-0.2, -0.15) is 5.10 Å². The predicted molar refractivity (Wildman–Crippen MR) is 107 cm³/mol. The van der Waals surface area contributed by atoms with Crippen LogP contribution in [0.4, 0.5) is 11.6 Å². The van der Waals surface area contributed by atoms with Crippen LogP contribution in [0, 0.1) is 0 Å². The van der Waals surface area contributed by atoms with Crippen molar-refractivity contribution in [1.29, 1.82) is 0 Å². The second-order valence-electron chi connectivity index (χ2n) is 7.50. The molecule has 150 valence electrons. The SMILES string of the molecule is CC(C(=O)N1CCN(c2cc(N3CCN(C)CC3)ncn2)CC1)n1cccn1. The van der Waals surface area contributed by atoms with Gasteiger partial charge in [0, 0.05) is 70.8 Å². The Morgan fingerprint density at radius 2 is 1.57 bits per heavy atom. The first kappa shape index (κ1) is 18.7. The number of carbonyl (C=O) groups excluding carboxylic acids is 1. The molecule has 4 rings (SSSR count). The Kier molecular flexibility index (Phi) is 5.43. The Morgan fingerprint density at radius 3 is 2.14 bits per heavy atom. The van der Waals surface area contributed by atoms with Gasteiger partial charge in [0.25, 0.3) is 0 Å². The van der Waals surface area contributed by atoms with Crippen molar-refractivity contribution < 1.29 is 4.79 Å². The van der Waals surface area contributed by atoms with Crippen molar-refractivity contribution in [3.05, 3.63) is 30.9 Å². The number of carbonyl (C=O) groups is 1. The van der Waals surface area contributed by atoms with Crippen molar-refractivity contribution >= 4 is 17.5 Å². The molecule has 2 saturated heterocycles. The van der Waals surface area contributed by atoms with Crippen molar-refractivity contribution in [1.82, 2.24) is 29.5 Å². The molecular formula is C19H28N8O. The molecule has 2 aromatic rings. The highest BCUT2D eigenvalue weighted by atomic mass is 16.2. The van der Waals surface area contributed by atoms with Crippen molar-refractivity contribution in [2.45, 2.75) is 13.0 Å². The highest BCUT2D eigenvalue weighted by Crippen LogP contribution is 2.21. The zero-order valence-corrected chi connectivity index (χ0v) is 16.6. The molecule has 1 amide bonds. The van der Waals surface area contributed by atoms with Gasteiger partial charge >= 0.3 is 0 Å². The number of hydrogen-bond acceptors (Lipinski definition) is 7. The standard InChI is InChI=1S/C19H28N8O/c1-16(27-5-3-4-22-27)19(28)26-12-10-25(11-13-26)18-14-17(20-15-21-18)24-8-6-23(2)7-9-24/h3-5,14-16H,6-13H2,1-2H3. The average Bonchev–Trinajstić information content (AvgIpc) is 3.28. The van der Waals surface area contributed by atoms with Crippen LogP contribution in [-0.2, 0) is 4.79 Å². The lowest BCUT2D eigenvalue weighted by molar-refractivity contribution is -0.134. The van der Waals surface area contributed by atoms with E-state index in [1.165, 1.54) is 0 Å². The van der Waals surface area contributed by atoms with E-state index < -0.39 is 0 Å². The zero-order valence-electron chi connectivity index (χ0n) is 16.6. The Labute approximate surface area is 165 Å². The summed E-state index contributed by atoms with van der Waals surface area (Å²) in [5, 5.41) is 4.19. The highest BCUT2D eigenvalue weighted by Gasteiger charge is 2.27. The first-order valence-electron chi connectivity index (χ1n) is 9.90. The first-order chi connectivity index (χ1) is 13.6. The molecule has 1 unspecified atom stereocenters. The van der Waals surface area contributed by atoms with Crippen LogP contribution >= 0.6 is 0 Å². The number of rotatable bonds is 4. The van der Waals surface area contributed by atoms with Crippen molar-refractivity contribution in [2.75, 3.05) is 69.2 Å². The molecule has 9 heteroatoms. The van der Waals surface area contributed by atoms with E-state index in [4.69, 9.17) is 0 Å². The average molecular weight is 384 g/mol. The third-order valence-electron chi connectivity index (χ3n) is 5.66. The molecule has 0 radical (unpaired) electrons. The Bertz CT molecular complexity index is 779. The smallest absolute Gasteiger partial charge is 0.247 e. The van der Waals surface area contributed by atoms with E-state index in [1.807, 2.05) is 24.1 Å². The number of hydrogen-bond donors (Lipinski definition) is 0. The summed E-state index contributed by atoms with van der Waals surface area (Å²) in [6, 6.07) is 3.65. The predicted octanol–water partition coefficient (Wildman–Crippen LogP) is 0.335. The molecule has 0 bridgehead atoms. The summed E-state index contributed by atoms with van der Waals surface area (Å²) in [5.41, 5.74) is 0. The van der Waals surface area contributed by atoms with E-state index in [2.05, 4.69) is 42.9 Å². The molecule has 2 fully saturated rings. The molecular weight excluding hydrogens is 356 g/mol. The van der Waals surface area contributed by atoms with E-state index in [0.29, 0.717) is 13.1 Å². The lowest BCUT2D eigenvalue weighted by Crippen LogP contribution is -2.50. The number of amides is 1. The first-order valence-corrected chi connectivity index (χ1v) is 9.90. The molecule has 1 atom stereocenters. The lowest BCUT2D eigenvalue weighted by atomic mass is 10.2. The van der Waals surface area contributed by atoms with E-state index in [1.54, 1.807) is 17.2 Å². The van der Waals surface area contributed by atoms with Crippen LogP contribution in [0.1, 0.15) is 13.0 Å². The Hall–Kier alpha value is -2.68. The highest BCUT2D eigenvalue weighted by molar-refractivity contribution is 5.80. The van der Waals surface area contributed by atoms with Crippen molar-refractivity contribution in [2.24, 2.45) is 0 Å². The molecule has 2 aromatic heterocycles. The topological polar surface area (TPSA) is 73.6 Å². The van der Waals surface area contributed by atoms with Gasteiger partial charge in [0.1, 0.15) is 24.0 Å². The molecule has 0 aromatic carbocycles. The number of likely N-dealkylation sites (N-methyl/N-ethyl adjacent to an activating group) is 1. The number of piperazine rings is 2. The van der Waals surface area contributed by atoms with Crippen molar-refractivity contribution in [3.8, 4) is 0 Å². The molecule has 9 nitrogen and oxygen atoms in total. The molecule has 28 heavy (non-hydrogen) atoms. The second kappa shape index (κ2) is 8.14. The number of aromatic nitrogens is 4. The summed E-state index contributed by atoms with van der Waals surface area (Å²) < 4.78 is 1.71. The molecule has 0 saturated carbocycles. The summed E-state index contributed by atoms with van der Waals surface area (Å²) in [6.07, 6.45) is 5.19. The third kappa shape index (κ3) is 3.94. The van der Waals surface area contributed by atoms with E-state index >= 15 is 0 Å². The maximum Gasteiger partial charge on any atom is 0.247 e. The van der Waals surface area contributed by atoms with E-state index in [0.717, 1.165) is 50.9 Å². The Balaban J connectivity index is 1.36. The van der Waals surface area contributed by atoms with Gasteiger partial charge in [0.15, 0.2) is 0 Å². The van der Waals surface area contributed by atoms with Crippen LogP contribution in [-0.4, -0.2) is 94.9 Å². The van der Waals surface area contributed by atoms with Gasteiger partial charge in [-0.3, -0.25) is 9.48 Å². The van der Waals surface area contributed by atoms with Crippen LogP contribution in [0.2, 0.25) is 0 Å². The lowest BCUT2D eigenvalue weighted by Gasteiger charge is -2.37. The monoisotopic (exact) mass is 384 g/mol. The summed E-state index contributed by atoms with van der Waals surface area (Å²) in [6.45, 7) is 8.91. The minimum atomic E-state index is -0.274. The van der Waals surface area contributed by atoms with Gasteiger partial charge < -0.3 is 19.6 Å². The molecule has 0 aliphatic carbocycles. The zero-order chi connectivity index (χ0) is 19.5. The van der Waals surface area contributed by atoms with E-state index in [-0.39, 0.29) is 11.9 Å². The fourth-order valence-electron chi connectivity index (χ4n) is 3.76. The van der Waals surface area contributed by atoms with Gasteiger partial charge in [-0.1, -0.05) is 0 Å². The molecule has 2 aliphatic rings. The van der Waals surface area contributed by atoms with Gasteiger partial charge in [-0.05, 0) is 20.0 Å². The minimum Gasteiger partial charge on any atom is -0.354 e. The van der Waals surface area contributed by atoms with Crippen LogP contribution in [0.5, 0.6) is 0 Å². The van der Waals surface area contributed by atoms with Gasteiger partial charge in [-0.15, -0.1) is 0 Å². The Morgan fingerprint density at radius 1 is 0.964 bits per heavy atom. The minimum absolute atomic E-state index is 0.115. The fraction of sp³-hybridized carbons (Fsp3) is 0.579. The summed E-state index contributed by atoms with van der Waals surface area (Å²) >= 11 is 0. The van der Waals surface area contributed by atoms with Gasteiger partial charge in [0.2, 0.25) is 5.91 Å². The molecule has 4 heterocycles. The van der Waals surface area contributed by atoms with Crippen LogP contribution in [0.25, 0.3) is 0 Å². The summed E-state index contributed by atoms with van der Waals surface area (Å²) in [5.74, 6) is 2.05. The maximum absolute atomic E-state index is 12.7. The quantitative estimate of drug-likeness (QED) is 0.752. The van der Waals surface area contributed by atoms with Crippen LogP contribution in [0.3, 0.4) is 0 Å². The van der Waals surface area contributed by atoms with E-state index in [9.17, 15) is 4.79 Å². The van der Waals surface area contributed by atoms with Gasteiger partial charge in [0.05, 0.1) is 0 Å².